The summed E-state index contributed by atoms with van der Waals surface area (Å²) in [5.74, 6) is 0.901. The molecule has 0 amide bonds. The number of hydrogen-bond acceptors (Lipinski definition) is 3. The van der Waals surface area contributed by atoms with Crippen LogP contribution >= 0.6 is 0 Å². The van der Waals surface area contributed by atoms with Crippen LogP contribution in [0.4, 0.5) is 0 Å². The van der Waals surface area contributed by atoms with Crippen LogP contribution in [0.25, 0.3) is 10.9 Å². The smallest absolute Gasteiger partial charge is 0.130 e. The predicted molar refractivity (Wildman–Crippen MR) is 60.7 cm³/mol. The molecular formula is C12H14N2O2. The highest BCUT2D eigenvalue weighted by molar-refractivity contribution is 5.87. The van der Waals surface area contributed by atoms with Crippen molar-refractivity contribution in [2.45, 2.75) is 19.4 Å². The summed E-state index contributed by atoms with van der Waals surface area (Å²) in [4.78, 5) is 0. The molecule has 1 aliphatic heterocycles. The molecule has 1 N–H and O–H groups in total. The van der Waals surface area contributed by atoms with Crippen molar-refractivity contribution in [3.05, 3.63) is 23.9 Å². The molecule has 0 spiro atoms. The van der Waals surface area contributed by atoms with Crippen LogP contribution in [-0.2, 0) is 11.2 Å². The molecule has 4 nitrogen and oxygen atoms in total. The van der Waals surface area contributed by atoms with Gasteiger partial charge in [0.1, 0.15) is 18.5 Å². The first-order chi connectivity index (χ1) is 7.88. The predicted octanol–water partition coefficient (Wildman–Crippen LogP) is 1.90. The number of fused-ring (bicyclic) bond motifs is 1. The Labute approximate surface area is 93.6 Å². The average Bonchev–Trinajstić information content (AvgIpc) is 3.04. The van der Waals surface area contributed by atoms with Gasteiger partial charge in [0.15, 0.2) is 0 Å². The van der Waals surface area contributed by atoms with E-state index in [0.717, 1.165) is 35.4 Å². The fourth-order valence-electron chi connectivity index (χ4n) is 1.82. The van der Waals surface area contributed by atoms with E-state index in [9.17, 15) is 0 Å². The van der Waals surface area contributed by atoms with Gasteiger partial charge in [-0.15, -0.1) is 0 Å². The number of ether oxygens (including phenoxy) is 2. The molecule has 1 atom stereocenters. The number of H-pyrrole nitrogens is 1. The summed E-state index contributed by atoms with van der Waals surface area (Å²) in [5, 5.41) is 8.40. The summed E-state index contributed by atoms with van der Waals surface area (Å²) in [6.45, 7) is 3.56. The Balaban J connectivity index is 1.96. The lowest BCUT2D eigenvalue weighted by Gasteiger charge is -2.06. The van der Waals surface area contributed by atoms with Crippen LogP contribution in [-0.4, -0.2) is 29.5 Å². The summed E-state index contributed by atoms with van der Waals surface area (Å²) in [6.07, 6.45) is 1.21. The van der Waals surface area contributed by atoms with Crippen LogP contribution in [0.15, 0.2) is 18.2 Å². The van der Waals surface area contributed by atoms with Gasteiger partial charge in [-0.3, -0.25) is 5.10 Å². The molecule has 1 aromatic carbocycles. The van der Waals surface area contributed by atoms with E-state index >= 15 is 0 Å². The monoisotopic (exact) mass is 218 g/mol. The maximum absolute atomic E-state index is 5.76. The second-order valence-corrected chi connectivity index (χ2v) is 3.97. The van der Waals surface area contributed by atoms with Gasteiger partial charge in [-0.2, -0.15) is 5.10 Å². The van der Waals surface area contributed by atoms with Crippen LogP contribution in [0.1, 0.15) is 12.6 Å². The number of rotatable bonds is 4. The Morgan fingerprint density at radius 2 is 2.44 bits per heavy atom. The van der Waals surface area contributed by atoms with E-state index in [2.05, 4.69) is 17.1 Å². The highest BCUT2D eigenvalue weighted by Gasteiger charge is 2.23. The van der Waals surface area contributed by atoms with E-state index in [-0.39, 0.29) is 6.10 Å². The maximum atomic E-state index is 5.76. The molecule has 1 unspecified atom stereocenters. The van der Waals surface area contributed by atoms with E-state index in [1.54, 1.807) is 0 Å². The minimum absolute atomic E-state index is 0.284. The largest absolute Gasteiger partial charge is 0.490 e. The second kappa shape index (κ2) is 3.79. The number of epoxide rings is 1. The average molecular weight is 218 g/mol. The van der Waals surface area contributed by atoms with Crippen molar-refractivity contribution in [1.29, 1.82) is 0 Å². The molecule has 1 fully saturated rings. The lowest BCUT2D eigenvalue weighted by atomic mass is 10.1. The van der Waals surface area contributed by atoms with E-state index in [1.165, 1.54) is 0 Å². The van der Waals surface area contributed by atoms with Crippen molar-refractivity contribution in [3.8, 4) is 5.75 Å². The van der Waals surface area contributed by atoms with Gasteiger partial charge in [-0.05, 0) is 18.6 Å². The van der Waals surface area contributed by atoms with E-state index in [4.69, 9.17) is 9.47 Å². The Kier molecular flexibility index (Phi) is 2.29. The topological polar surface area (TPSA) is 50.4 Å². The SMILES string of the molecule is CCc1[nH]nc2cccc(OCC3CO3)c12. The molecule has 3 rings (SSSR count). The van der Waals surface area contributed by atoms with E-state index in [0.29, 0.717) is 6.61 Å². The highest BCUT2D eigenvalue weighted by Crippen LogP contribution is 2.28. The van der Waals surface area contributed by atoms with Crippen molar-refractivity contribution in [2.75, 3.05) is 13.2 Å². The summed E-state index contributed by atoms with van der Waals surface area (Å²) in [6, 6.07) is 5.94. The van der Waals surface area contributed by atoms with Gasteiger partial charge in [0.05, 0.1) is 17.5 Å². The molecule has 2 aromatic rings. The number of nitrogens with one attached hydrogen (secondary N) is 1. The Bertz CT molecular complexity index is 503. The highest BCUT2D eigenvalue weighted by atomic mass is 16.6. The first kappa shape index (κ1) is 9.66. The second-order valence-electron chi connectivity index (χ2n) is 3.97. The molecule has 1 aromatic heterocycles. The minimum Gasteiger partial charge on any atom is -0.490 e. The first-order valence-corrected chi connectivity index (χ1v) is 5.59. The lowest BCUT2D eigenvalue weighted by Crippen LogP contribution is -2.04. The normalized spacial score (nSPS) is 18.9. The zero-order chi connectivity index (χ0) is 11.0. The third-order valence-electron chi connectivity index (χ3n) is 2.80. The first-order valence-electron chi connectivity index (χ1n) is 5.59. The van der Waals surface area contributed by atoms with Crippen molar-refractivity contribution >= 4 is 10.9 Å². The van der Waals surface area contributed by atoms with Gasteiger partial charge < -0.3 is 9.47 Å². The fraction of sp³-hybridized carbons (Fsp3) is 0.417. The van der Waals surface area contributed by atoms with Gasteiger partial charge in [0.25, 0.3) is 0 Å². The Morgan fingerprint density at radius 3 is 3.19 bits per heavy atom. The molecule has 2 heterocycles. The summed E-state index contributed by atoms with van der Waals surface area (Å²) in [7, 11) is 0. The van der Waals surface area contributed by atoms with Gasteiger partial charge >= 0.3 is 0 Å². The molecule has 4 heteroatoms. The van der Waals surface area contributed by atoms with E-state index < -0.39 is 0 Å². The molecule has 1 saturated heterocycles. The number of aromatic nitrogens is 2. The van der Waals surface area contributed by atoms with Crippen LogP contribution < -0.4 is 4.74 Å². The van der Waals surface area contributed by atoms with Crippen molar-refractivity contribution < 1.29 is 9.47 Å². The number of aryl methyl sites for hydroxylation is 1. The molecule has 16 heavy (non-hydrogen) atoms. The van der Waals surface area contributed by atoms with Crippen LogP contribution in [0.3, 0.4) is 0 Å². The van der Waals surface area contributed by atoms with Crippen LogP contribution in [0.2, 0.25) is 0 Å². The molecular weight excluding hydrogens is 204 g/mol. The van der Waals surface area contributed by atoms with Crippen molar-refractivity contribution in [2.24, 2.45) is 0 Å². The molecule has 0 aliphatic carbocycles. The number of aromatic amines is 1. The lowest BCUT2D eigenvalue weighted by molar-refractivity contribution is 0.265. The third kappa shape index (κ3) is 1.65. The molecule has 0 radical (unpaired) electrons. The van der Waals surface area contributed by atoms with Gasteiger partial charge in [-0.1, -0.05) is 13.0 Å². The molecule has 0 bridgehead atoms. The number of hydrogen-bond donors (Lipinski definition) is 1. The number of benzene rings is 1. The Hall–Kier alpha value is -1.55. The van der Waals surface area contributed by atoms with E-state index in [1.807, 2.05) is 18.2 Å². The zero-order valence-corrected chi connectivity index (χ0v) is 9.19. The Morgan fingerprint density at radius 1 is 1.56 bits per heavy atom. The van der Waals surface area contributed by atoms with Crippen LogP contribution in [0, 0.1) is 0 Å². The van der Waals surface area contributed by atoms with Crippen LogP contribution in [0.5, 0.6) is 5.75 Å². The minimum atomic E-state index is 0.284. The quantitative estimate of drug-likeness (QED) is 0.797. The van der Waals surface area contributed by atoms with Crippen molar-refractivity contribution in [1.82, 2.24) is 10.2 Å². The summed E-state index contributed by atoms with van der Waals surface area (Å²) in [5.41, 5.74) is 2.09. The third-order valence-corrected chi connectivity index (χ3v) is 2.80. The van der Waals surface area contributed by atoms with Gasteiger partial charge in [0.2, 0.25) is 0 Å². The van der Waals surface area contributed by atoms with Gasteiger partial charge in [0, 0.05) is 5.69 Å². The zero-order valence-electron chi connectivity index (χ0n) is 9.19. The van der Waals surface area contributed by atoms with Crippen molar-refractivity contribution in [3.63, 3.8) is 0 Å². The number of nitrogens with zero attached hydrogens (tertiary/aromatic N) is 1. The fourth-order valence-corrected chi connectivity index (χ4v) is 1.82. The summed E-state index contributed by atoms with van der Waals surface area (Å²) >= 11 is 0. The molecule has 1 aliphatic rings. The van der Waals surface area contributed by atoms with Gasteiger partial charge in [-0.25, -0.2) is 0 Å². The summed E-state index contributed by atoms with van der Waals surface area (Å²) < 4.78 is 10.9. The molecule has 84 valence electrons. The molecule has 0 saturated carbocycles. The standard InChI is InChI=1S/C12H14N2O2/c1-2-9-12-10(14-13-9)4-3-5-11(12)16-7-8-6-15-8/h3-5,8H,2,6-7H2,1H3,(H,13,14). The maximum Gasteiger partial charge on any atom is 0.130 e.